The van der Waals surface area contributed by atoms with Crippen LogP contribution in [0.3, 0.4) is 0 Å². The van der Waals surface area contributed by atoms with Crippen LogP contribution in [0, 0.1) is 11.3 Å². The molecule has 0 aliphatic heterocycles. The van der Waals surface area contributed by atoms with Crippen molar-refractivity contribution in [2.45, 2.75) is 6.10 Å². The van der Waals surface area contributed by atoms with E-state index in [-0.39, 0.29) is 12.5 Å². The summed E-state index contributed by atoms with van der Waals surface area (Å²) in [6, 6.07) is 18.1. The van der Waals surface area contributed by atoms with E-state index < -0.39 is 6.10 Å². The number of nitrogens with zero attached hydrogens (tertiary/aromatic N) is 2. The molecular formula is C18H17N3O3. The molecule has 0 bridgehead atoms. The number of carbonyl (C=O) groups excluding carboxylic acids is 1. The van der Waals surface area contributed by atoms with Gasteiger partial charge >= 0.3 is 0 Å². The second kappa shape index (κ2) is 9.08. The Morgan fingerprint density at radius 2 is 1.96 bits per heavy atom. The van der Waals surface area contributed by atoms with Crippen LogP contribution in [0.2, 0.25) is 0 Å². The average Bonchev–Trinajstić information content (AvgIpc) is 2.62. The topological polar surface area (TPSA) is 83.7 Å². The average molecular weight is 323 g/mol. The number of hydrogen-bond acceptors (Lipinski definition) is 5. The Morgan fingerprint density at radius 1 is 1.25 bits per heavy atom. The summed E-state index contributed by atoms with van der Waals surface area (Å²) in [4.78, 5) is 12.1. The van der Waals surface area contributed by atoms with Gasteiger partial charge in [-0.05, 0) is 35.4 Å². The summed E-state index contributed by atoms with van der Waals surface area (Å²) in [7, 11) is 1.47. The maximum Gasteiger partial charge on any atom is 0.273 e. The number of carbonyl (C=O) groups is 1. The number of nitrogens with one attached hydrogen (secondary N) is 1. The number of rotatable bonds is 7. The minimum atomic E-state index is -0.717. The molecule has 0 aliphatic carbocycles. The van der Waals surface area contributed by atoms with Gasteiger partial charge in [-0.2, -0.15) is 10.4 Å². The molecule has 2 aromatic carbocycles. The summed E-state index contributed by atoms with van der Waals surface area (Å²) in [6.45, 7) is 0.00137. The lowest BCUT2D eigenvalue weighted by atomic mass is 10.1. The molecule has 0 fully saturated rings. The number of nitriles is 1. The first-order chi connectivity index (χ1) is 11.7. The first kappa shape index (κ1) is 17.2. The van der Waals surface area contributed by atoms with E-state index in [2.05, 4.69) is 10.5 Å². The molecule has 0 aromatic heterocycles. The monoisotopic (exact) mass is 323 g/mol. The first-order valence-electron chi connectivity index (χ1n) is 7.25. The molecule has 0 radical (unpaired) electrons. The molecule has 1 N–H and O–H groups in total. The van der Waals surface area contributed by atoms with Gasteiger partial charge in [-0.15, -0.1) is 0 Å². The van der Waals surface area contributed by atoms with E-state index >= 15 is 0 Å². The zero-order valence-corrected chi connectivity index (χ0v) is 13.2. The molecule has 122 valence electrons. The maximum absolute atomic E-state index is 12.1. The highest BCUT2D eigenvalue weighted by Crippen LogP contribution is 2.16. The minimum Gasteiger partial charge on any atom is -0.479 e. The molecule has 0 saturated heterocycles. The van der Waals surface area contributed by atoms with Crippen LogP contribution in [0.1, 0.15) is 17.2 Å². The van der Waals surface area contributed by atoms with Gasteiger partial charge in [-0.25, -0.2) is 5.43 Å². The van der Waals surface area contributed by atoms with Gasteiger partial charge in [0.2, 0.25) is 0 Å². The summed E-state index contributed by atoms with van der Waals surface area (Å²) in [5, 5.41) is 12.4. The molecule has 6 heteroatoms. The maximum atomic E-state index is 12.1. The van der Waals surface area contributed by atoms with Crippen molar-refractivity contribution in [3.05, 3.63) is 65.7 Å². The quantitative estimate of drug-likeness (QED) is 0.626. The fourth-order valence-corrected chi connectivity index (χ4v) is 2.02. The van der Waals surface area contributed by atoms with Crippen molar-refractivity contribution in [2.75, 3.05) is 13.7 Å². The van der Waals surface area contributed by atoms with E-state index in [0.29, 0.717) is 5.75 Å². The van der Waals surface area contributed by atoms with E-state index in [4.69, 9.17) is 14.7 Å². The highest BCUT2D eigenvalue weighted by Gasteiger charge is 2.18. The lowest BCUT2D eigenvalue weighted by molar-refractivity contribution is -0.131. The van der Waals surface area contributed by atoms with Crippen molar-refractivity contribution in [1.29, 1.82) is 5.26 Å². The Morgan fingerprint density at radius 3 is 2.58 bits per heavy atom. The third-order valence-corrected chi connectivity index (χ3v) is 3.15. The van der Waals surface area contributed by atoms with Crippen molar-refractivity contribution in [3.63, 3.8) is 0 Å². The van der Waals surface area contributed by atoms with Gasteiger partial charge < -0.3 is 9.47 Å². The predicted molar refractivity (Wildman–Crippen MR) is 89.5 cm³/mol. The smallest absolute Gasteiger partial charge is 0.273 e. The van der Waals surface area contributed by atoms with Crippen molar-refractivity contribution in [3.8, 4) is 11.8 Å². The minimum absolute atomic E-state index is 0.00137. The van der Waals surface area contributed by atoms with E-state index in [1.54, 1.807) is 24.3 Å². The van der Waals surface area contributed by atoms with E-state index in [9.17, 15) is 4.79 Å². The Kier molecular flexibility index (Phi) is 6.50. The third-order valence-electron chi connectivity index (χ3n) is 3.15. The molecule has 1 amide bonds. The van der Waals surface area contributed by atoms with Crippen LogP contribution in [0.25, 0.3) is 0 Å². The molecule has 2 aromatic rings. The lowest BCUT2D eigenvalue weighted by Gasteiger charge is -2.13. The zero-order chi connectivity index (χ0) is 17.2. The van der Waals surface area contributed by atoms with Crippen molar-refractivity contribution in [2.24, 2.45) is 5.10 Å². The van der Waals surface area contributed by atoms with Gasteiger partial charge in [0.25, 0.3) is 5.91 Å². The lowest BCUT2D eigenvalue weighted by Crippen LogP contribution is -2.26. The number of methoxy groups -OCH3 is 1. The second-order valence-corrected chi connectivity index (χ2v) is 4.78. The van der Waals surface area contributed by atoms with Gasteiger partial charge in [0, 0.05) is 7.11 Å². The summed E-state index contributed by atoms with van der Waals surface area (Å²) >= 11 is 0. The highest BCUT2D eigenvalue weighted by atomic mass is 16.5. The Bertz CT molecular complexity index is 721. The molecule has 24 heavy (non-hydrogen) atoms. The molecule has 1 atom stereocenters. The van der Waals surface area contributed by atoms with E-state index in [1.165, 1.54) is 13.3 Å². The summed E-state index contributed by atoms with van der Waals surface area (Å²) < 4.78 is 10.4. The zero-order valence-electron chi connectivity index (χ0n) is 13.2. The number of hydrogen-bond donors (Lipinski definition) is 1. The van der Waals surface area contributed by atoms with Crippen LogP contribution >= 0.6 is 0 Å². The number of benzene rings is 2. The molecule has 6 nitrogen and oxygen atoms in total. The molecule has 0 aliphatic rings. The summed E-state index contributed by atoms with van der Waals surface area (Å²) in [6.07, 6.45) is 0.800. The molecule has 2 rings (SSSR count). The van der Waals surface area contributed by atoms with Crippen molar-refractivity contribution in [1.82, 2.24) is 5.43 Å². The Labute approximate surface area is 140 Å². The molecule has 0 spiro atoms. The fraction of sp³-hybridized carbons (Fsp3) is 0.167. The van der Waals surface area contributed by atoms with Crippen LogP contribution in [-0.4, -0.2) is 25.8 Å². The Balaban J connectivity index is 1.93. The molecule has 0 heterocycles. The van der Waals surface area contributed by atoms with Gasteiger partial charge in [0.05, 0.1) is 6.21 Å². The molecule has 0 saturated carbocycles. The van der Waals surface area contributed by atoms with Crippen LogP contribution in [-0.2, 0) is 9.53 Å². The molecule has 0 unspecified atom stereocenters. The van der Waals surface area contributed by atoms with Crippen LogP contribution in [0.5, 0.6) is 5.75 Å². The number of hydrazone groups is 1. The molecular weight excluding hydrogens is 306 g/mol. The van der Waals surface area contributed by atoms with Gasteiger partial charge in [0.1, 0.15) is 11.8 Å². The van der Waals surface area contributed by atoms with E-state index in [0.717, 1.165) is 11.1 Å². The number of ether oxygens (including phenoxy) is 2. The third kappa shape index (κ3) is 4.93. The van der Waals surface area contributed by atoms with Gasteiger partial charge in [-0.1, -0.05) is 30.3 Å². The summed E-state index contributed by atoms with van der Waals surface area (Å²) in [5.74, 6) is 0.246. The largest absolute Gasteiger partial charge is 0.479 e. The van der Waals surface area contributed by atoms with Crippen LogP contribution in [0.4, 0.5) is 0 Å². The number of amides is 1. The highest BCUT2D eigenvalue weighted by molar-refractivity contribution is 5.85. The predicted octanol–water partition coefficient (Wildman–Crippen LogP) is 2.43. The normalized spacial score (nSPS) is 11.7. The SMILES string of the molecule is CO[C@H](C(=O)N/N=C\c1ccc(OCC#N)cc1)c1ccccc1. The van der Waals surface area contributed by atoms with Crippen molar-refractivity contribution >= 4 is 12.1 Å². The first-order valence-corrected chi connectivity index (χ1v) is 7.25. The standard InChI is InChI=1S/C18H17N3O3/c1-23-17(15-5-3-2-4-6-15)18(22)21-20-13-14-7-9-16(10-8-14)24-12-11-19/h2-10,13,17H,12H2,1H3,(H,21,22)/b20-13-/t17-/m0/s1. The second-order valence-electron chi connectivity index (χ2n) is 4.78. The van der Waals surface area contributed by atoms with Crippen molar-refractivity contribution < 1.29 is 14.3 Å². The van der Waals surface area contributed by atoms with E-state index in [1.807, 2.05) is 36.4 Å². The Hall–Kier alpha value is -3.17. The van der Waals surface area contributed by atoms with Crippen LogP contribution < -0.4 is 10.2 Å². The van der Waals surface area contributed by atoms with Gasteiger partial charge in [0.15, 0.2) is 12.7 Å². The van der Waals surface area contributed by atoms with Gasteiger partial charge in [-0.3, -0.25) is 4.79 Å². The fourth-order valence-electron chi connectivity index (χ4n) is 2.02. The van der Waals surface area contributed by atoms with Crippen LogP contribution in [0.15, 0.2) is 59.7 Å². The summed E-state index contributed by atoms with van der Waals surface area (Å²) in [5.41, 5.74) is 4.00.